The molecule has 0 amide bonds. The maximum absolute atomic E-state index is 6.48. The second-order valence-corrected chi connectivity index (χ2v) is 14.9. The number of nitrogens with zero attached hydrogens (tertiary/aromatic N) is 4. The molecule has 9 aromatic rings. The molecule has 0 spiro atoms. The Bertz CT molecular complexity index is 2720. The van der Waals surface area contributed by atoms with Crippen molar-refractivity contribution in [3.63, 3.8) is 0 Å². The molecule has 0 fully saturated rings. The van der Waals surface area contributed by atoms with Gasteiger partial charge in [-0.15, -0.1) is 10.2 Å². The van der Waals surface area contributed by atoms with E-state index in [9.17, 15) is 0 Å². The summed E-state index contributed by atoms with van der Waals surface area (Å²) in [4.78, 5) is 0. The van der Waals surface area contributed by atoms with Crippen molar-refractivity contribution in [1.82, 2.24) is 0 Å². The molecule has 0 saturated carbocycles. The molecule has 8 heteroatoms. The van der Waals surface area contributed by atoms with Gasteiger partial charge < -0.3 is 9.47 Å². The zero-order chi connectivity index (χ0) is 40.7. The van der Waals surface area contributed by atoms with Gasteiger partial charge in [-0.25, -0.2) is 0 Å². The molecule has 6 nitrogen and oxygen atoms in total. The van der Waals surface area contributed by atoms with E-state index in [0.717, 1.165) is 77.8 Å². The Morgan fingerprint density at radius 1 is 0.317 bits per heavy atom. The summed E-state index contributed by atoms with van der Waals surface area (Å²) in [6.07, 6.45) is 0. The summed E-state index contributed by atoms with van der Waals surface area (Å²) in [5, 5.41) is 23.0. The van der Waals surface area contributed by atoms with Crippen LogP contribution in [0.15, 0.2) is 215 Å². The van der Waals surface area contributed by atoms with E-state index in [1.165, 1.54) is 0 Å². The first kappa shape index (κ1) is 38.4. The van der Waals surface area contributed by atoms with E-state index >= 15 is 0 Å². The Morgan fingerprint density at radius 2 is 0.617 bits per heavy atom. The molecule has 0 aliphatic heterocycles. The summed E-state index contributed by atoms with van der Waals surface area (Å²) in [5.74, 6) is 1.59. The fraction of sp³-hybridized carbons (Fsp3) is 0.0385. The molecule has 0 aliphatic carbocycles. The van der Waals surface area contributed by atoms with E-state index in [1.807, 2.05) is 109 Å². The fourth-order valence-electron chi connectivity index (χ4n) is 7.15. The van der Waals surface area contributed by atoms with Crippen molar-refractivity contribution >= 4 is 67.5 Å². The zero-order valence-electron chi connectivity index (χ0n) is 32.3. The van der Waals surface area contributed by atoms with Gasteiger partial charge in [0, 0.05) is 11.1 Å². The first-order valence-corrected chi connectivity index (χ1v) is 20.2. The summed E-state index contributed by atoms with van der Waals surface area (Å²) in [5.41, 5.74) is 9.35. The highest BCUT2D eigenvalue weighted by atomic mass is 35.5. The minimum atomic E-state index is 0.416. The van der Waals surface area contributed by atoms with Crippen LogP contribution in [0.1, 0.15) is 11.1 Å². The zero-order valence-corrected chi connectivity index (χ0v) is 33.8. The molecule has 0 aliphatic rings. The molecule has 0 saturated heterocycles. The second-order valence-electron chi connectivity index (χ2n) is 14.1. The Kier molecular flexibility index (Phi) is 11.4. The monoisotopic (exact) mass is 818 g/mol. The van der Waals surface area contributed by atoms with Crippen LogP contribution < -0.4 is 9.47 Å². The third kappa shape index (κ3) is 8.66. The van der Waals surface area contributed by atoms with Crippen LogP contribution in [0.5, 0.6) is 11.5 Å². The number of halogens is 2. The van der Waals surface area contributed by atoms with E-state index in [1.54, 1.807) is 12.1 Å². The van der Waals surface area contributed by atoms with E-state index in [-0.39, 0.29) is 0 Å². The third-order valence-corrected chi connectivity index (χ3v) is 10.9. The van der Waals surface area contributed by atoms with Gasteiger partial charge in [0.2, 0.25) is 0 Å². The van der Waals surface area contributed by atoms with Gasteiger partial charge in [-0.05, 0) is 117 Å². The van der Waals surface area contributed by atoms with Crippen molar-refractivity contribution in [2.24, 2.45) is 20.5 Å². The van der Waals surface area contributed by atoms with Gasteiger partial charge in [-0.1, -0.05) is 145 Å². The average molecular weight is 820 g/mol. The summed E-state index contributed by atoms with van der Waals surface area (Å²) in [6, 6.07) is 64.1. The first-order chi connectivity index (χ1) is 29.6. The minimum absolute atomic E-state index is 0.416. The smallest absolute Gasteiger partial charge is 0.119 e. The largest absolute Gasteiger partial charge is 0.489 e. The molecule has 290 valence electrons. The summed E-state index contributed by atoms with van der Waals surface area (Å²) in [7, 11) is 0. The second kappa shape index (κ2) is 17.8. The van der Waals surface area contributed by atoms with Crippen molar-refractivity contribution in [3.8, 4) is 33.8 Å². The first-order valence-electron chi connectivity index (χ1n) is 19.5. The predicted octanol–water partition coefficient (Wildman–Crippen LogP) is 16.6. The normalized spacial score (nSPS) is 11.5. The fourth-order valence-corrected chi connectivity index (χ4v) is 7.50. The van der Waals surface area contributed by atoms with E-state index < -0.39 is 0 Å². The average Bonchev–Trinajstić information content (AvgIpc) is 3.30. The van der Waals surface area contributed by atoms with Gasteiger partial charge in [-0.2, -0.15) is 10.2 Å². The molecule has 0 heterocycles. The third-order valence-electron chi connectivity index (χ3n) is 10.3. The molecule has 0 unspecified atom stereocenters. The summed E-state index contributed by atoms with van der Waals surface area (Å²) in [6.45, 7) is 0.832. The maximum atomic E-state index is 6.48. The molecule has 0 N–H and O–H groups in total. The number of rotatable bonds is 12. The van der Waals surface area contributed by atoms with Gasteiger partial charge in [0.05, 0.1) is 21.4 Å². The number of ether oxygens (including phenoxy) is 2. The van der Waals surface area contributed by atoms with E-state index in [4.69, 9.17) is 32.7 Å². The lowest BCUT2D eigenvalue weighted by Gasteiger charge is -2.18. The molecular weight excluding hydrogens is 784 g/mol. The molecule has 0 radical (unpaired) electrons. The van der Waals surface area contributed by atoms with E-state index in [2.05, 4.69) is 93.3 Å². The Hall–Kier alpha value is -7.12. The van der Waals surface area contributed by atoms with Crippen LogP contribution in [0, 0.1) is 0 Å². The van der Waals surface area contributed by atoms with Crippen LogP contribution in [0.2, 0.25) is 10.0 Å². The van der Waals surface area contributed by atoms with Crippen molar-refractivity contribution < 1.29 is 9.47 Å². The molecule has 0 aromatic heterocycles. The van der Waals surface area contributed by atoms with Crippen molar-refractivity contribution in [2.45, 2.75) is 13.2 Å². The van der Waals surface area contributed by atoms with Gasteiger partial charge >= 0.3 is 0 Å². The highest BCUT2D eigenvalue weighted by molar-refractivity contribution is 6.33. The number of hydrogen-bond acceptors (Lipinski definition) is 6. The lowest BCUT2D eigenvalue weighted by atomic mass is 9.92. The quantitative estimate of drug-likeness (QED) is 0.0910. The molecule has 60 heavy (non-hydrogen) atoms. The summed E-state index contributed by atoms with van der Waals surface area (Å²) < 4.78 is 13.0. The maximum Gasteiger partial charge on any atom is 0.119 e. The highest BCUT2D eigenvalue weighted by Gasteiger charge is 2.15. The standard InChI is InChI=1S/C52H36Cl2N4O2/c53-49-13-5-7-15-51(49)57-55-39-25-17-35(18-26-39)37-21-29-41(30-22-37)59-33-47-43-9-1-2-10-44(43)48(46-12-4-3-11-45(46)47)34-60-42-31-23-38(24-32-42)36-19-27-40(28-20-36)56-58-52-16-8-6-14-50(52)54/h1-32H,33-34H2. The van der Waals surface area contributed by atoms with Crippen molar-refractivity contribution in [3.05, 3.63) is 215 Å². The molecule has 9 rings (SSSR count). The van der Waals surface area contributed by atoms with E-state index in [0.29, 0.717) is 34.6 Å². The minimum Gasteiger partial charge on any atom is -0.489 e. The Labute approximate surface area is 358 Å². The SMILES string of the molecule is Clc1ccccc1N=Nc1ccc(-c2ccc(OCc3c4ccccc4c(COc4ccc(-c5ccc(N=Nc6ccccc6Cl)cc5)cc4)c4ccccc34)cc2)cc1. The number of fused-ring (bicyclic) bond motifs is 2. The predicted molar refractivity (Wildman–Crippen MR) is 245 cm³/mol. The molecule has 0 bridgehead atoms. The highest BCUT2D eigenvalue weighted by Crippen LogP contribution is 2.36. The van der Waals surface area contributed by atoms with Crippen LogP contribution in [-0.2, 0) is 13.2 Å². The summed E-state index contributed by atoms with van der Waals surface area (Å²) >= 11 is 12.4. The van der Waals surface area contributed by atoms with Crippen molar-refractivity contribution in [1.29, 1.82) is 0 Å². The van der Waals surface area contributed by atoms with Crippen LogP contribution >= 0.6 is 23.2 Å². The molecule has 0 atom stereocenters. The molecule has 9 aromatic carbocycles. The van der Waals surface area contributed by atoms with Crippen LogP contribution in [0.3, 0.4) is 0 Å². The van der Waals surface area contributed by atoms with Gasteiger partial charge in [0.15, 0.2) is 0 Å². The van der Waals surface area contributed by atoms with Gasteiger partial charge in [0.25, 0.3) is 0 Å². The number of hydrogen-bond donors (Lipinski definition) is 0. The number of azo groups is 2. The van der Waals surface area contributed by atoms with Gasteiger partial charge in [-0.3, -0.25) is 0 Å². The van der Waals surface area contributed by atoms with Crippen LogP contribution in [0.4, 0.5) is 22.7 Å². The molecular formula is C52H36Cl2N4O2. The lowest BCUT2D eigenvalue weighted by molar-refractivity contribution is 0.307. The Morgan fingerprint density at radius 3 is 0.950 bits per heavy atom. The number of benzene rings is 9. The van der Waals surface area contributed by atoms with Crippen LogP contribution in [-0.4, -0.2) is 0 Å². The topological polar surface area (TPSA) is 67.9 Å². The van der Waals surface area contributed by atoms with Crippen LogP contribution in [0.25, 0.3) is 43.8 Å². The Balaban J connectivity index is 0.876. The van der Waals surface area contributed by atoms with Gasteiger partial charge in [0.1, 0.15) is 36.1 Å². The van der Waals surface area contributed by atoms with Crippen molar-refractivity contribution in [2.75, 3.05) is 0 Å². The lowest BCUT2D eigenvalue weighted by Crippen LogP contribution is -2.03.